The van der Waals surface area contributed by atoms with E-state index in [0.29, 0.717) is 25.2 Å². The molecule has 6 heteroatoms. The van der Waals surface area contributed by atoms with E-state index in [1.807, 2.05) is 0 Å². The smallest absolute Gasteiger partial charge is 0.355 e. The third-order valence-electron chi connectivity index (χ3n) is 2.71. The number of amides is 1. The zero-order valence-corrected chi connectivity index (χ0v) is 11.6. The summed E-state index contributed by atoms with van der Waals surface area (Å²) >= 11 is 0. The Kier molecular flexibility index (Phi) is 6.01. The van der Waals surface area contributed by atoms with Crippen LogP contribution in [0.25, 0.3) is 0 Å². The van der Waals surface area contributed by atoms with Crippen LogP contribution in [0, 0.1) is 5.92 Å². The SMILES string of the molecule is CC(C)C(=O)NCCNCc1cccc(C(F)(F)F)c1. The molecule has 20 heavy (non-hydrogen) atoms. The van der Waals surface area contributed by atoms with Gasteiger partial charge in [0, 0.05) is 25.6 Å². The van der Waals surface area contributed by atoms with Crippen molar-refractivity contribution < 1.29 is 18.0 Å². The number of carbonyl (C=O) groups excluding carboxylic acids is 1. The van der Waals surface area contributed by atoms with E-state index < -0.39 is 11.7 Å². The number of benzene rings is 1. The normalized spacial score (nSPS) is 11.7. The molecule has 0 aromatic heterocycles. The first kappa shape index (κ1) is 16.5. The van der Waals surface area contributed by atoms with Crippen LogP contribution in [0.15, 0.2) is 24.3 Å². The summed E-state index contributed by atoms with van der Waals surface area (Å²) in [6.07, 6.45) is -4.32. The summed E-state index contributed by atoms with van der Waals surface area (Å²) < 4.78 is 37.5. The summed E-state index contributed by atoms with van der Waals surface area (Å²) in [6.45, 7) is 4.89. The molecule has 0 fully saturated rings. The fourth-order valence-electron chi connectivity index (χ4n) is 1.57. The topological polar surface area (TPSA) is 41.1 Å². The molecule has 0 radical (unpaired) electrons. The fraction of sp³-hybridized carbons (Fsp3) is 0.500. The van der Waals surface area contributed by atoms with Gasteiger partial charge in [-0.05, 0) is 11.6 Å². The van der Waals surface area contributed by atoms with E-state index in [0.717, 1.165) is 12.1 Å². The van der Waals surface area contributed by atoms with Crippen LogP contribution in [0.3, 0.4) is 0 Å². The summed E-state index contributed by atoms with van der Waals surface area (Å²) in [5.74, 6) is -0.107. The van der Waals surface area contributed by atoms with Gasteiger partial charge in [-0.25, -0.2) is 0 Å². The van der Waals surface area contributed by atoms with Crippen molar-refractivity contribution in [3.05, 3.63) is 35.4 Å². The first-order valence-electron chi connectivity index (χ1n) is 6.45. The Hall–Kier alpha value is -1.56. The maximum Gasteiger partial charge on any atom is 0.416 e. The van der Waals surface area contributed by atoms with Crippen molar-refractivity contribution in [2.24, 2.45) is 5.92 Å². The van der Waals surface area contributed by atoms with Crippen LogP contribution >= 0.6 is 0 Å². The minimum atomic E-state index is -4.32. The fourth-order valence-corrected chi connectivity index (χ4v) is 1.57. The molecule has 1 amide bonds. The summed E-state index contributed by atoms with van der Waals surface area (Å²) in [5.41, 5.74) is -0.0834. The molecule has 0 atom stereocenters. The summed E-state index contributed by atoms with van der Waals surface area (Å²) in [6, 6.07) is 5.20. The standard InChI is InChI=1S/C14H19F3N2O/c1-10(2)13(20)19-7-6-18-9-11-4-3-5-12(8-11)14(15,16)17/h3-5,8,10,18H,6-7,9H2,1-2H3,(H,19,20). The first-order chi connectivity index (χ1) is 9.30. The Bertz CT molecular complexity index is 444. The van der Waals surface area contributed by atoms with E-state index in [2.05, 4.69) is 10.6 Å². The average Bonchev–Trinajstić information content (AvgIpc) is 2.37. The first-order valence-corrected chi connectivity index (χ1v) is 6.45. The Morgan fingerprint density at radius 1 is 1.25 bits per heavy atom. The van der Waals surface area contributed by atoms with Gasteiger partial charge in [0.15, 0.2) is 0 Å². The number of rotatable bonds is 6. The molecule has 0 saturated carbocycles. The summed E-state index contributed by atoms with van der Waals surface area (Å²) in [5, 5.41) is 5.72. The Labute approximate surface area is 116 Å². The van der Waals surface area contributed by atoms with E-state index in [4.69, 9.17) is 0 Å². The number of carbonyl (C=O) groups is 1. The van der Waals surface area contributed by atoms with Gasteiger partial charge in [-0.3, -0.25) is 4.79 Å². The molecule has 0 heterocycles. The molecule has 3 nitrogen and oxygen atoms in total. The third-order valence-corrected chi connectivity index (χ3v) is 2.71. The van der Waals surface area contributed by atoms with Crippen LogP contribution in [0.4, 0.5) is 13.2 Å². The van der Waals surface area contributed by atoms with Crippen LogP contribution in [-0.4, -0.2) is 19.0 Å². The second-order valence-electron chi connectivity index (χ2n) is 4.82. The van der Waals surface area contributed by atoms with Crippen molar-refractivity contribution in [2.75, 3.05) is 13.1 Å². The van der Waals surface area contributed by atoms with E-state index in [1.165, 1.54) is 6.07 Å². The van der Waals surface area contributed by atoms with Crippen LogP contribution in [0.1, 0.15) is 25.0 Å². The van der Waals surface area contributed by atoms with E-state index in [1.54, 1.807) is 19.9 Å². The van der Waals surface area contributed by atoms with Gasteiger partial charge in [0.2, 0.25) is 5.91 Å². The molecule has 0 aliphatic rings. The highest BCUT2D eigenvalue weighted by Crippen LogP contribution is 2.29. The van der Waals surface area contributed by atoms with Crippen molar-refractivity contribution in [1.29, 1.82) is 0 Å². The Balaban J connectivity index is 2.34. The van der Waals surface area contributed by atoms with Gasteiger partial charge in [0.05, 0.1) is 5.56 Å². The highest BCUT2D eigenvalue weighted by molar-refractivity contribution is 5.77. The van der Waals surface area contributed by atoms with Crippen molar-refractivity contribution in [2.45, 2.75) is 26.6 Å². The third kappa shape index (κ3) is 5.61. The molecule has 0 aliphatic carbocycles. The monoisotopic (exact) mass is 288 g/mol. The van der Waals surface area contributed by atoms with Crippen molar-refractivity contribution in [1.82, 2.24) is 10.6 Å². The molecule has 2 N–H and O–H groups in total. The van der Waals surface area contributed by atoms with Crippen LogP contribution in [-0.2, 0) is 17.5 Å². The number of nitrogens with one attached hydrogen (secondary N) is 2. The molecule has 1 aromatic rings. The minimum absolute atomic E-state index is 0.0362. The largest absolute Gasteiger partial charge is 0.416 e. The molecule has 0 bridgehead atoms. The molecule has 1 aromatic carbocycles. The number of hydrogen-bond donors (Lipinski definition) is 2. The van der Waals surface area contributed by atoms with Gasteiger partial charge in [-0.1, -0.05) is 32.0 Å². The quantitative estimate of drug-likeness (QED) is 0.790. The molecule has 0 aliphatic heterocycles. The second-order valence-corrected chi connectivity index (χ2v) is 4.82. The Morgan fingerprint density at radius 3 is 2.55 bits per heavy atom. The van der Waals surface area contributed by atoms with Gasteiger partial charge >= 0.3 is 6.18 Å². The highest BCUT2D eigenvalue weighted by Gasteiger charge is 2.30. The lowest BCUT2D eigenvalue weighted by molar-refractivity contribution is -0.137. The molecular weight excluding hydrogens is 269 g/mol. The molecule has 1 rings (SSSR count). The van der Waals surface area contributed by atoms with Gasteiger partial charge in [0.25, 0.3) is 0 Å². The average molecular weight is 288 g/mol. The lowest BCUT2D eigenvalue weighted by Crippen LogP contribution is -2.34. The number of hydrogen-bond acceptors (Lipinski definition) is 2. The molecule has 0 unspecified atom stereocenters. The zero-order chi connectivity index (χ0) is 15.2. The van der Waals surface area contributed by atoms with Crippen molar-refractivity contribution in [3.63, 3.8) is 0 Å². The van der Waals surface area contributed by atoms with Gasteiger partial charge < -0.3 is 10.6 Å². The predicted molar refractivity (Wildman–Crippen MR) is 71.0 cm³/mol. The predicted octanol–water partition coefficient (Wildman–Crippen LogP) is 2.57. The lowest BCUT2D eigenvalue weighted by Gasteiger charge is -2.10. The maximum absolute atomic E-state index is 12.5. The van der Waals surface area contributed by atoms with Crippen molar-refractivity contribution >= 4 is 5.91 Å². The minimum Gasteiger partial charge on any atom is -0.355 e. The maximum atomic E-state index is 12.5. The van der Waals surface area contributed by atoms with E-state index in [-0.39, 0.29) is 11.8 Å². The van der Waals surface area contributed by atoms with Crippen molar-refractivity contribution in [3.8, 4) is 0 Å². The molecule has 0 saturated heterocycles. The number of alkyl halides is 3. The number of halogens is 3. The second kappa shape index (κ2) is 7.28. The molecular formula is C14H19F3N2O. The van der Waals surface area contributed by atoms with Crippen LogP contribution in [0.2, 0.25) is 0 Å². The van der Waals surface area contributed by atoms with E-state index >= 15 is 0 Å². The van der Waals surface area contributed by atoms with Gasteiger partial charge in [-0.15, -0.1) is 0 Å². The van der Waals surface area contributed by atoms with Gasteiger partial charge in [-0.2, -0.15) is 13.2 Å². The summed E-state index contributed by atoms with van der Waals surface area (Å²) in [7, 11) is 0. The van der Waals surface area contributed by atoms with Crippen LogP contribution < -0.4 is 10.6 Å². The molecule has 0 spiro atoms. The highest BCUT2D eigenvalue weighted by atomic mass is 19.4. The summed E-state index contributed by atoms with van der Waals surface area (Å²) in [4.78, 5) is 11.3. The van der Waals surface area contributed by atoms with E-state index in [9.17, 15) is 18.0 Å². The Morgan fingerprint density at radius 2 is 1.95 bits per heavy atom. The van der Waals surface area contributed by atoms with Gasteiger partial charge in [0.1, 0.15) is 0 Å². The zero-order valence-electron chi connectivity index (χ0n) is 11.6. The molecule has 112 valence electrons. The lowest BCUT2D eigenvalue weighted by atomic mass is 10.1. The van der Waals surface area contributed by atoms with Crippen LogP contribution in [0.5, 0.6) is 0 Å².